The zero-order chi connectivity index (χ0) is 10.7. The summed E-state index contributed by atoms with van der Waals surface area (Å²) >= 11 is 0. The van der Waals surface area contributed by atoms with Gasteiger partial charge in [-0.2, -0.15) is 0 Å². The first kappa shape index (κ1) is 10.0. The van der Waals surface area contributed by atoms with Crippen LogP contribution < -0.4 is 4.74 Å². The van der Waals surface area contributed by atoms with Crippen molar-refractivity contribution in [1.29, 1.82) is 0 Å². The topological polar surface area (TPSA) is 35.5 Å². The third-order valence-corrected chi connectivity index (χ3v) is 2.49. The number of hydrogen-bond acceptors (Lipinski definition) is 3. The number of cyclic esters (lactones) is 1. The first-order valence-electron chi connectivity index (χ1n) is 5.13. The van der Waals surface area contributed by atoms with E-state index in [2.05, 4.69) is 0 Å². The summed E-state index contributed by atoms with van der Waals surface area (Å²) in [4.78, 5) is 10.9. The van der Waals surface area contributed by atoms with Crippen molar-refractivity contribution in [1.82, 2.24) is 0 Å². The fraction of sp³-hybridized carbons (Fsp3) is 0.417. The van der Waals surface area contributed by atoms with Crippen LogP contribution >= 0.6 is 0 Å². The van der Waals surface area contributed by atoms with Crippen molar-refractivity contribution in [2.45, 2.75) is 25.9 Å². The fourth-order valence-corrected chi connectivity index (χ4v) is 1.60. The van der Waals surface area contributed by atoms with Crippen LogP contribution in [0.5, 0.6) is 5.75 Å². The Morgan fingerprint density at radius 2 is 2.27 bits per heavy atom. The first-order valence-corrected chi connectivity index (χ1v) is 5.13. The highest BCUT2D eigenvalue weighted by Crippen LogP contribution is 2.19. The maximum absolute atomic E-state index is 10.9. The Morgan fingerprint density at radius 3 is 2.93 bits per heavy atom. The largest absolute Gasteiger partial charge is 0.489 e. The van der Waals surface area contributed by atoms with Gasteiger partial charge in [0, 0.05) is 6.42 Å². The fourth-order valence-electron chi connectivity index (χ4n) is 1.60. The Kier molecular flexibility index (Phi) is 2.90. The van der Waals surface area contributed by atoms with E-state index < -0.39 is 0 Å². The number of carbonyl (C=O) groups is 1. The normalized spacial score (nSPS) is 20.1. The lowest BCUT2D eigenvalue weighted by Crippen LogP contribution is -2.17. The number of carbonyl (C=O) groups excluding carboxylic acids is 1. The molecule has 0 N–H and O–H groups in total. The van der Waals surface area contributed by atoms with Gasteiger partial charge in [-0.15, -0.1) is 0 Å². The average Bonchev–Trinajstić information content (AvgIpc) is 2.63. The summed E-state index contributed by atoms with van der Waals surface area (Å²) < 4.78 is 10.7. The van der Waals surface area contributed by atoms with Crippen LogP contribution in [0.15, 0.2) is 24.3 Å². The Bertz CT molecular complexity index is 360. The van der Waals surface area contributed by atoms with Gasteiger partial charge in [-0.1, -0.05) is 18.2 Å². The Hall–Kier alpha value is -1.51. The highest BCUT2D eigenvalue weighted by Gasteiger charge is 2.23. The van der Waals surface area contributed by atoms with E-state index in [1.807, 2.05) is 31.2 Å². The molecule has 1 aliphatic rings. The predicted molar refractivity (Wildman–Crippen MR) is 55.8 cm³/mol. The lowest BCUT2D eigenvalue weighted by Gasteiger charge is -2.12. The molecule has 1 saturated heterocycles. The van der Waals surface area contributed by atoms with E-state index in [0.29, 0.717) is 13.0 Å². The van der Waals surface area contributed by atoms with Crippen molar-refractivity contribution in [3.8, 4) is 5.75 Å². The van der Waals surface area contributed by atoms with Crippen molar-refractivity contribution in [3.63, 3.8) is 0 Å². The van der Waals surface area contributed by atoms with Crippen molar-refractivity contribution in [2.75, 3.05) is 6.61 Å². The molecule has 0 aromatic heterocycles. The van der Waals surface area contributed by atoms with Gasteiger partial charge in [0.15, 0.2) is 0 Å². The van der Waals surface area contributed by atoms with E-state index in [0.717, 1.165) is 17.7 Å². The lowest BCUT2D eigenvalue weighted by atomic mass is 10.2. The minimum absolute atomic E-state index is 0.0721. The van der Waals surface area contributed by atoms with Crippen LogP contribution in [0.25, 0.3) is 0 Å². The van der Waals surface area contributed by atoms with Gasteiger partial charge in [0.05, 0.1) is 0 Å². The van der Waals surface area contributed by atoms with Gasteiger partial charge in [0.2, 0.25) is 0 Å². The van der Waals surface area contributed by atoms with Gasteiger partial charge >= 0.3 is 5.97 Å². The molecule has 0 aliphatic carbocycles. The maximum atomic E-state index is 10.9. The van der Waals surface area contributed by atoms with Gasteiger partial charge in [0.1, 0.15) is 18.5 Å². The highest BCUT2D eigenvalue weighted by molar-refractivity contribution is 5.71. The van der Waals surface area contributed by atoms with E-state index in [1.165, 1.54) is 0 Å². The first-order chi connectivity index (χ1) is 7.25. The molecular weight excluding hydrogens is 192 g/mol. The van der Waals surface area contributed by atoms with E-state index in [-0.39, 0.29) is 12.1 Å². The molecule has 0 unspecified atom stereocenters. The Morgan fingerprint density at radius 1 is 1.47 bits per heavy atom. The van der Waals surface area contributed by atoms with Crippen molar-refractivity contribution >= 4 is 5.97 Å². The number of aryl methyl sites for hydroxylation is 1. The average molecular weight is 206 g/mol. The molecule has 0 radical (unpaired) electrons. The van der Waals surface area contributed by atoms with Crippen molar-refractivity contribution in [2.24, 2.45) is 0 Å². The summed E-state index contributed by atoms with van der Waals surface area (Å²) in [5.74, 6) is 0.744. The molecule has 3 nitrogen and oxygen atoms in total. The maximum Gasteiger partial charge on any atom is 0.306 e. The molecule has 0 spiro atoms. The number of rotatable bonds is 3. The minimum Gasteiger partial charge on any atom is -0.489 e. The van der Waals surface area contributed by atoms with E-state index in [9.17, 15) is 4.79 Å². The molecule has 0 amide bonds. The quantitative estimate of drug-likeness (QED) is 0.710. The molecule has 1 aromatic rings. The molecule has 80 valence electrons. The zero-order valence-electron chi connectivity index (χ0n) is 8.73. The smallest absolute Gasteiger partial charge is 0.306 e. The number of esters is 1. The Labute approximate surface area is 89.0 Å². The summed E-state index contributed by atoms with van der Waals surface area (Å²) in [5, 5.41) is 0. The van der Waals surface area contributed by atoms with Crippen molar-refractivity contribution in [3.05, 3.63) is 29.8 Å². The summed E-state index contributed by atoms with van der Waals surface area (Å²) in [6.07, 6.45) is 1.21. The van der Waals surface area contributed by atoms with Crippen LogP contribution in [0.4, 0.5) is 0 Å². The van der Waals surface area contributed by atoms with Gasteiger partial charge in [-0.05, 0) is 25.0 Å². The molecule has 1 heterocycles. The second-order valence-corrected chi connectivity index (χ2v) is 3.73. The molecule has 2 rings (SSSR count). The van der Waals surface area contributed by atoms with Gasteiger partial charge in [-0.3, -0.25) is 4.79 Å². The van der Waals surface area contributed by atoms with Gasteiger partial charge in [0.25, 0.3) is 0 Å². The van der Waals surface area contributed by atoms with Crippen LogP contribution in [-0.4, -0.2) is 18.7 Å². The van der Waals surface area contributed by atoms with Crippen LogP contribution in [0.3, 0.4) is 0 Å². The van der Waals surface area contributed by atoms with Crippen LogP contribution in [0.2, 0.25) is 0 Å². The summed E-state index contributed by atoms with van der Waals surface area (Å²) in [6.45, 7) is 2.45. The molecule has 3 heteroatoms. The number of benzene rings is 1. The molecule has 1 aliphatic heterocycles. The van der Waals surface area contributed by atoms with Gasteiger partial charge in [-0.25, -0.2) is 0 Å². The third-order valence-electron chi connectivity index (χ3n) is 2.49. The molecular formula is C12H14O3. The molecule has 1 aromatic carbocycles. The Balaban J connectivity index is 1.88. The van der Waals surface area contributed by atoms with E-state index in [4.69, 9.17) is 9.47 Å². The van der Waals surface area contributed by atoms with Crippen LogP contribution in [-0.2, 0) is 9.53 Å². The summed E-state index contributed by atoms with van der Waals surface area (Å²) in [6, 6.07) is 7.82. The molecule has 15 heavy (non-hydrogen) atoms. The second kappa shape index (κ2) is 4.34. The molecule has 0 bridgehead atoms. The number of para-hydroxylation sites is 1. The zero-order valence-corrected chi connectivity index (χ0v) is 8.73. The standard InChI is InChI=1S/C12H14O3/c1-9-4-2-3-5-11(9)14-8-10-6-7-12(13)15-10/h2-5,10H,6-8H2,1H3/t10-/m0/s1. The monoisotopic (exact) mass is 206 g/mol. The lowest BCUT2D eigenvalue weighted by molar-refractivity contribution is -0.142. The second-order valence-electron chi connectivity index (χ2n) is 3.73. The van der Waals surface area contributed by atoms with Crippen molar-refractivity contribution < 1.29 is 14.3 Å². The highest BCUT2D eigenvalue weighted by atomic mass is 16.6. The van der Waals surface area contributed by atoms with Crippen LogP contribution in [0, 0.1) is 6.92 Å². The molecule has 1 fully saturated rings. The minimum atomic E-state index is -0.117. The van der Waals surface area contributed by atoms with E-state index >= 15 is 0 Å². The molecule has 1 atom stereocenters. The van der Waals surface area contributed by atoms with Crippen LogP contribution in [0.1, 0.15) is 18.4 Å². The number of ether oxygens (including phenoxy) is 2. The summed E-state index contributed by atoms with van der Waals surface area (Å²) in [5.41, 5.74) is 1.10. The predicted octanol–water partition coefficient (Wildman–Crippen LogP) is 2.08. The summed E-state index contributed by atoms with van der Waals surface area (Å²) in [7, 11) is 0. The SMILES string of the molecule is Cc1ccccc1OC[C@@H]1CCC(=O)O1. The van der Waals surface area contributed by atoms with Gasteiger partial charge < -0.3 is 9.47 Å². The van der Waals surface area contributed by atoms with E-state index in [1.54, 1.807) is 0 Å². The number of hydrogen-bond donors (Lipinski definition) is 0. The molecule has 0 saturated carbocycles. The third kappa shape index (κ3) is 2.49.